The van der Waals surface area contributed by atoms with Crippen LogP contribution in [0.1, 0.15) is 273 Å². The first-order chi connectivity index (χ1) is 26.9. The van der Waals surface area contributed by atoms with Gasteiger partial charge in [0.05, 0.1) is 27.0 Å². The average molecular weight is 821 g/mol. The molecule has 0 aromatic heterocycles. The molecule has 0 aliphatic rings. The second kappa shape index (κ2) is 47.0. The molecular weight excluding hydrogens is 718 g/mol. The van der Waals surface area contributed by atoms with Gasteiger partial charge in [0.2, 0.25) is 0 Å². The molecule has 5 nitrogen and oxygen atoms in total. The highest BCUT2D eigenvalue weighted by Gasteiger charge is 2.26. The van der Waals surface area contributed by atoms with Crippen molar-refractivity contribution in [1.82, 2.24) is 0 Å². The van der Waals surface area contributed by atoms with E-state index in [0.29, 0.717) is 19.8 Å². The van der Waals surface area contributed by atoms with Gasteiger partial charge in [0.1, 0.15) is 0 Å². The number of hydrogen-bond donors (Lipinski definition) is 0. The zero-order valence-electron chi connectivity index (χ0n) is 38.6. The summed E-state index contributed by atoms with van der Waals surface area (Å²) in [6.07, 6.45) is 48.2. The van der Waals surface area contributed by atoms with Gasteiger partial charge in [-0.2, -0.15) is 0 Å². The van der Waals surface area contributed by atoms with Crippen LogP contribution in [0.4, 0.5) is 0 Å². The molecule has 7 heteroatoms. The van der Waals surface area contributed by atoms with Crippen molar-refractivity contribution in [1.29, 1.82) is 0 Å². The van der Waals surface area contributed by atoms with Gasteiger partial charge < -0.3 is 4.57 Å². The third kappa shape index (κ3) is 45.3. The Morgan fingerprint density at radius 1 is 0.255 bits per heavy atom. The van der Waals surface area contributed by atoms with E-state index in [1.165, 1.54) is 193 Å². The van der Waals surface area contributed by atoms with E-state index in [4.69, 9.17) is 13.6 Å². The Kier molecular flexibility index (Phi) is 49.1. The van der Waals surface area contributed by atoms with Crippen LogP contribution in [-0.4, -0.2) is 38.3 Å². The fraction of sp³-hybridized carbons (Fsp3) is 1.00. The number of phosphoric ester groups is 1. The second-order valence-corrected chi connectivity index (χ2v) is 21.9. The quantitative estimate of drug-likeness (QED) is 0.0452. The van der Waals surface area contributed by atoms with Gasteiger partial charge in [0.15, 0.2) is 0 Å². The van der Waals surface area contributed by atoms with Crippen LogP contribution in [0.2, 0.25) is 0 Å². The molecule has 55 heavy (non-hydrogen) atoms. The normalized spacial score (nSPS) is 12.0. The van der Waals surface area contributed by atoms with Crippen LogP contribution >= 0.6 is 15.0 Å². The molecule has 0 N–H and O–H groups in total. The van der Waals surface area contributed by atoms with Gasteiger partial charge in [-0.15, -0.1) is 0 Å². The van der Waals surface area contributed by atoms with E-state index >= 15 is 0 Å². The van der Waals surface area contributed by atoms with Gasteiger partial charge >= 0.3 is 7.82 Å². The maximum absolute atomic E-state index is 13.5. The van der Waals surface area contributed by atoms with Crippen molar-refractivity contribution in [2.75, 3.05) is 38.3 Å². The van der Waals surface area contributed by atoms with Crippen molar-refractivity contribution in [3.8, 4) is 0 Å². The lowest BCUT2D eigenvalue weighted by atomic mass is 10.1. The Balaban J connectivity index is 0. The SMILES string of the molecule is CCCCCCCCOP(=O)(OCCCCCCCC)OCCCCCCCC.CCCCCCCCP(=O)(CCCCCCCC)CCCCCCCC. The molecule has 0 aliphatic heterocycles. The third-order valence-electron chi connectivity index (χ3n) is 11.0. The first-order valence-corrected chi connectivity index (χ1v) is 28.7. The van der Waals surface area contributed by atoms with Gasteiger partial charge in [-0.25, -0.2) is 4.57 Å². The van der Waals surface area contributed by atoms with Crippen molar-refractivity contribution in [3.05, 3.63) is 0 Å². The van der Waals surface area contributed by atoms with Crippen molar-refractivity contribution in [2.45, 2.75) is 273 Å². The van der Waals surface area contributed by atoms with Crippen LogP contribution in [-0.2, 0) is 22.7 Å². The summed E-state index contributed by atoms with van der Waals surface area (Å²) in [5.74, 6) is 0. The standard InChI is InChI=1S/C24H51O4P.C24H51OP/c1-4-7-10-13-16-19-22-26-29(25,27-23-20-17-14-11-8-5-2)28-24-21-18-15-12-9-6-3;1-4-7-10-13-16-19-22-26(25,23-20-17-14-11-8-5-2)24-21-18-15-12-9-6-3/h4-24H2,1-3H3;4-24H2,1-3H3. The monoisotopic (exact) mass is 821 g/mol. The van der Waals surface area contributed by atoms with Crippen molar-refractivity contribution >= 4 is 15.0 Å². The third-order valence-corrected chi connectivity index (χ3v) is 15.9. The minimum atomic E-state index is -3.40. The molecule has 0 bridgehead atoms. The molecule has 0 saturated heterocycles. The van der Waals surface area contributed by atoms with Crippen molar-refractivity contribution < 1.29 is 22.7 Å². The van der Waals surface area contributed by atoms with Gasteiger partial charge in [-0.1, -0.05) is 234 Å². The first kappa shape index (κ1) is 57.4. The lowest BCUT2D eigenvalue weighted by Gasteiger charge is -2.18. The summed E-state index contributed by atoms with van der Waals surface area (Å²) in [5.41, 5.74) is 0. The summed E-state index contributed by atoms with van der Waals surface area (Å²) < 4.78 is 43.3. The summed E-state index contributed by atoms with van der Waals surface area (Å²) in [4.78, 5) is 0. The van der Waals surface area contributed by atoms with Gasteiger partial charge in [0, 0.05) is 18.5 Å². The van der Waals surface area contributed by atoms with E-state index in [1.807, 2.05) is 0 Å². The van der Waals surface area contributed by atoms with Crippen molar-refractivity contribution in [3.63, 3.8) is 0 Å². The van der Waals surface area contributed by atoms with Gasteiger partial charge in [-0.05, 0) is 38.5 Å². The van der Waals surface area contributed by atoms with E-state index in [2.05, 4.69) is 41.5 Å². The Labute approximate surface area is 347 Å². The Bertz CT molecular complexity index is 707. The highest BCUT2D eigenvalue weighted by Crippen LogP contribution is 2.50. The highest BCUT2D eigenvalue weighted by atomic mass is 31.2. The fourth-order valence-electron chi connectivity index (χ4n) is 7.16. The Morgan fingerprint density at radius 3 is 0.655 bits per heavy atom. The molecule has 0 amide bonds. The number of phosphoric acid groups is 1. The molecule has 0 aromatic rings. The van der Waals surface area contributed by atoms with Crippen LogP contribution in [0.3, 0.4) is 0 Å². The van der Waals surface area contributed by atoms with Crippen LogP contribution in [0.25, 0.3) is 0 Å². The highest BCUT2D eigenvalue weighted by molar-refractivity contribution is 7.63. The van der Waals surface area contributed by atoms with Crippen LogP contribution in [0.15, 0.2) is 0 Å². The molecule has 0 aromatic carbocycles. The molecule has 0 fully saturated rings. The predicted molar refractivity (Wildman–Crippen MR) is 248 cm³/mol. The van der Waals surface area contributed by atoms with E-state index in [1.54, 1.807) is 0 Å². The largest absolute Gasteiger partial charge is 0.474 e. The molecule has 0 aliphatic carbocycles. The van der Waals surface area contributed by atoms with E-state index in [9.17, 15) is 9.13 Å². The summed E-state index contributed by atoms with van der Waals surface area (Å²) >= 11 is 0. The first-order valence-electron chi connectivity index (χ1n) is 25.0. The van der Waals surface area contributed by atoms with E-state index in [0.717, 1.165) is 57.0 Å². The van der Waals surface area contributed by atoms with Crippen LogP contribution in [0.5, 0.6) is 0 Å². The smallest absolute Gasteiger partial charge is 0.324 e. The van der Waals surface area contributed by atoms with Gasteiger partial charge in [0.25, 0.3) is 0 Å². The molecule has 0 heterocycles. The van der Waals surface area contributed by atoms with Crippen LogP contribution in [0, 0.1) is 0 Å². The summed E-state index contributed by atoms with van der Waals surface area (Å²) in [7, 11) is -5.29. The maximum atomic E-state index is 13.5. The minimum absolute atomic E-state index is 0.469. The molecule has 0 unspecified atom stereocenters. The number of hydrogen-bond acceptors (Lipinski definition) is 5. The second-order valence-electron chi connectivity index (χ2n) is 16.8. The average Bonchev–Trinajstić information content (AvgIpc) is 3.18. The lowest BCUT2D eigenvalue weighted by Crippen LogP contribution is -2.04. The topological polar surface area (TPSA) is 61.8 Å². The van der Waals surface area contributed by atoms with Gasteiger partial charge in [-0.3, -0.25) is 13.6 Å². The summed E-state index contributed by atoms with van der Waals surface area (Å²) in [6.45, 7) is 14.9. The summed E-state index contributed by atoms with van der Waals surface area (Å²) in [6, 6.07) is 0. The molecule has 0 spiro atoms. The Hall–Kier alpha value is 0.340. The molecular formula is C48H102O5P2. The fourth-order valence-corrected chi connectivity index (χ4v) is 11.5. The molecule has 0 radical (unpaired) electrons. The van der Waals surface area contributed by atoms with Crippen LogP contribution < -0.4 is 0 Å². The zero-order valence-corrected chi connectivity index (χ0v) is 40.4. The van der Waals surface area contributed by atoms with Crippen molar-refractivity contribution in [2.24, 2.45) is 0 Å². The molecule has 334 valence electrons. The maximum Gasteiger partial charge on any atom is 0.474 e. The molecule has 0 rings (SSSR count). The number of unbranched alkanes of at least 4 members (excludes halogenated alkanes) is 30. The predicted octanol–water partition coefficient (Wildman–Crippen LogP) is 18.7. The molecule has 0 atom stereocenters. The number of rotatable bonds is 45. The lowest BCUT2D eigenvalue weighted by molar-refractivity contribution is 0.108. The zero-order chi connectivity index (χ0) is 40.8. The summed E-state index contributed by atoms with van der Waals surface area (Å²) in [5, 5.41) is 0. The Morgan fingerprint density at radius 2 is 0.436 bits per heavy atom. The minimum Gasteiger partial charge on any atom is -0.324 e. The molecule has 0 saturated carbocycles. The van der Waals surface area contributed by atoms with E-state index in [-0.39, 0.29) is 0 Å². The van der Waals surface area contributed by atoms with E-state index < -0.39 is 15.0 Å².